The van der Waals surface area contributed by atoms with E-state index < -0.39 is 10.8 Å². The smallest absolute Gasteiger partial charge is 0.288 e. The van der Waals surface area contributed by atoms with Crippen LogP contribution in [-0.2, 0) is 0 Å². The first-order chi connectivity index (χ1) is 9.09. The molecule has 0 bridgehead atoms. The molecule has 1 saturated heterocycles. The van der Waals surface area contributed by atoms with Gasteiger partial charge >= 0.3 is 0 Å². The Kier molecular flexibility index (Phi) is 3.91. The molecule has 1 aromatic rings. The fourth-order valence-corrected chi connectivity index (χ4v) is 2.04. The van der Waals surface area contributed by atoms with Gasteiger partial charge in [-0.05, 0) is 13.0 Å². The molecule has 1 aliphatic rings. The number of hydrogen-bond donors (Lipinski definition) is 2. The van der Waals surface area contributed by atoms with E-state index in [9.17, 15) is 14.9 Å². The lowest BCUT2D eigenvalue weighted by Gasteiger charge is -2.22. The Morgan fingerprint density at radius 3 is 2.95 bits per heavy atom. The van der Waals surface area contributed by atoms with Crippen LogP contribution in [0.5, 0.6) is 0 Å². The van der Waals surface area contributed by atoms with E-state index in [1.165, 1.54) is 6.07 Å². The normalized spacial score (nSPS) is 15.9. The zero-order valence-corrected chi connectivity index (χ0v) is 10.3. The van der Waals surface area contributed by atoms with Crippen molar-refractivity contribution in [1.82, 2.24) is 10.3 Å². The minimum absolute atomic E-state index is 0.0936. The minimum Gasteiger partial charge on any atom is -0.365 e. The van der Waals surface area contributed by atoms with Gasteiger partial charge in [0, 0.05) is 25.7 Å². The first-order valence-electron chi connectivity index (χ1n) is 5.99. The summed E-state index contributed by atoms with van der Waals surface area (Å²) in [6, 6.07) is 1.18. The summed E-state index contributed by atoms with van der Waals surface area (Å²) < 4.78 is 0. The van der Waals surface area contributed by atoms with Crippen molar-refractivity contribution in [3.05, 3.63) is 27.9 Å². The van der Waals surface area contributed by atoms with Crippen molar-refractivity contribution in [3.8, 4) is 0 Å². The van der Waals surface area contributed by atoms with Crippen LogP contribution in [0.1, 0.15) is 16.8 Å². The molecular weight excluding hydrogens is 250 g/mol. The predicted octanol–water partition coefficient (Wildman–Crippen LogP) is -0.112. The number of aromatic nitrogens is 1. The first kappa shape index (κ1) is 13.2. The number of nitro groups is 1. The number of amides is 1. The summed E-state index contributed by atoms with van der Waals surface area (Å²) in [6.45, 7) is 3.09. The van der Waals surface area contributed by atoms with Gasteiger partial charge in [-0.2, -0.15) is 0 Å². The number of nitrogens with zero attached hydrogens (tertiary/aromatic N) is 3. The number of carbonyl (C=O) groups is 1. The van der Waals surface area contributed by atoms with Crippen LogP contribution >= 0.6 is 0 Å². The lowest BCUT2D eigenvalue weighted by atomic mass is 10.2. The molecular formula is C11H15N5O3. The van der Waals surface area contributed by atoms with E-state index in [1.807, 2.05) is 4.90 Å². The monoisotopic (exact) mass is 265 g/mol. The standard InChI is InChI=1S/C11H15N5O3/c12-10(17)9-6-8(16(18)19)7-14-11(9)15-4-1-2-13-3-5-15/h6-7,13H,1-5H2,(H2,12,17). The maximum absolute atomic E-state index is 11.4. The number of carbonyl (C=O) groups excluding carboxylic acids is 1. The van der Waals surface area contributed by atoms with Crippen LogP contribution in [0, 0.1) is 10.1 Å². The van der Waals surface area contributed by atoms with Gasteiger partial charge in [0.1, 0.15) is 12.0 Å². The summed E-state index contributed by atoms with van der Waals surface area (Å²) in [4.78, 5) is 27.5. The maximum atomic E-state index is 11.4. The van der Waals surface area contributed by atoms with Crippen molar-refractivity contribution in [2.75, 3.05) is 31.1 Å². The van der Waals surface area contributed by atoms with Crippen molar-refractivity contribution in [1.29, 1.82) is 0 Å². The van der Waals surface area contributed by atoms with Gasteiger partial charge in [-0.1, -0.05) is 0 Å². The molecule has 1 aliphatic heterocycles. The molecule has 8 heteroatoms. The highest BCUT2D eigenvalue weighted by Crippen LogP contribution is 2.22. The van der Waals surface area contributed by atoms with Crippen LogP contribution < -0.4 is 16.0 Å². The summed E-state index contributed by atoms with van der Waals surface area (Å²) in [6.07, 6.45) is 2.07. The molecule has 0 aliphatic carbocycles. The summed E-state index contributed by atoms with van der Waals surface area (Å²) in [5.74, 6) is -0.287. The van der Waals surface area contributed by atoms with Crippen molar-refractivity contribution >= 4 is 17.4 Å². The molecule has 1 amide bonds. The van der Waals surface area contributed by atoms with E-state index >= 15 is 0 Å². The Bertz CT molecular complexity index is 497. The van der Waals surface area contributed by atoms with E-state index in [0.717, 1.165) is 32.3 Å². The number of primary amides is 1. The number of rotatable bonds is 3. The maximum Gasteiger partial charge on any atom is 0.288 e. The van der Waals surface area contributed by atoms with E-state index in [2.05, 4.69) is 10.3 Å². The molecule has 0 atom stereocenters. The highest BCUT2D eigenvalue weighted by Gasteiger charge is 2.21. The molecule has 1 fully saturated rings. The zero-order valence-electron chi connectivity index (χ0n) is 10.3. The minimum atomic E-state index is -0.705. The van der Waals surface area contributed by atoms with Crippen molar-refractivity contribution in [2.45, 2.75) is 6.42 Å². The van der Waals surface area contributed by atoms with Gasteiger partial charge in [0.15, 0.2) is 0 Å². The Labute approximate surface area is 109 Å². The van der Waals surface area contributed by atoms with Gasteiger partial charge in [0.05, 0.1) is 10.5 Å². The van der Waals surface area contributed by atoms with Gasteiger partial charge in [-0.15, -0.1) is 0 Å². The van der Waals surface area contributed by atoms with Crippen LogP contribution in [0.4, 0.5) is 11.5 Å². The Morgan fingerprint density at radius 2 is 2.26 bits per heavy atom. The second-order valence-corrected chi connectivity index (χ2v) is 4.28. The van der Waals surface area contributed by atoms with Crippen LogP contribution in [0.15, 0.2) is 12.3 Å². The lowest BCUT2D eigenvalue weighted by molar-refractivity contribution is -0.385. The van der Waals surface area contributed by atoms with Crippen LogP contribution in [0.3, 0.4) is 0 Å². The zero-order chi connectivity index (χ0) is 13.8. The number of anilines is 1. The van der Waals surface area contributed by atoms with Gasteiger partial charge in [-0.3, -0.25) is 14.9 Å². The Balaban J connectivity index is 2.37. The fourth-order valence-electron chi connectivity index (χ4n) is 2.04. The van der Waals surface area contributed by atoms with E-state index in [4.69, 9.17) is 5.73 Å². The molecule has 0 spiro atoms. The first-order valence-corrected chi connectivity index (χ1v) is 5.99. The molecule has 1 aromatic heterocycles. The molecule has 0 saturated carbocycles. The third-order valence-electron chi connectivity index (χ3n) is 2.97. The SMILES string of the molecule is NC(=O)c1cc([N+](=O)[O-])cnc1N1CCCNCC1. The van der Waals surface area contributed by atoms with E-state index in [-0.39, 0.29) is 11.3 Å². The molecule has 0 radical (unpaired) electrons. The Hall–Kier alpha value is -2.22. The quantitative estimate of drug-likeness (QED) is 0.582. The van der Waals surface area contributed by atoms with E-state index in [1.54, 1.807) is 0 Å². The summed E-state index contributed by atoms with van der Waals surface area (Å²) >= 11 is 0. The molecule has 3 N–H and O–H groups in total. The Morgan fingerprint density at radius 1 is 1.47 bits per heavy atom. The third-order valence-corrected chi connectivity index (χ3v) is 2.97. The van der Waals surface area contributed by atoms with Gasteiger partial charge in [0.2, 0.25) is 0 Å². The highest BCUT2D eigenvalue weighted by molar-refractivity contribution is 5.98. The van der Waals surface area contributed by atoms with E-state index in [0.29, 0.717) is 12.4 Å². The molecule has 0 unspecified atom stereocenters. The van der Waals surface area contributed by atoms with Crippen LogP contribution in [-0.4, -0.2) is 42.0 Å². The molecule has 2 rings (SSSR count). The van der Waals surface area contributed by atoms with Crippen LogP contribution in [0.2, 0.25) is 0 Å². The summed E-state index contributed by atoms with van der Waals surface area (Å²) in [5, 5.41) is 13.9. The number of pyridine rings is 1. The molecule has 8 nitrogen and oxygen atoms in total. The number of hydrogen-bond acceptors (Lipinski definition) is 6. The van der Waals surface area contributed by atoms with Gasteiger partial charge in [-0.25, -0.2) is 4.98 Å². The summed E-state index contributed by atoms with van der Waals surface area (Å²) in [7, 11) is 0. The number of nitrogens with two attached hydrogens (primary N) is 1. The molecule has 102 valence electrons. The molecule has 0 aromatic carbocycles. The third kappa shape index (κ3) is 2.97. The average molecular weight is 265 g/mol. The average Bonchev–Trinajstić information content (AvgIpc) is 2.66. The van der Waals surface area contributed by atoms with Crippen molar-refractivity contribution in [2.24, 2.45) is 5.73 Å². The fraction of sp³-hybridized carbons (Fsp3) is 0.455. The summed E-state index contributed by atoms with van der Waals surface area (Å²) in [5.41, 5.74) is 5.15. The lowest BCUT2D eigenvalue weighted by Crippen LogP contribution is -2.31. The molecule has 19 heavy (non-hydrogen) atoms. The van der Waals surface area contributed by atoms with Crippen LogP contribution in [0.25, 0.3) is 0 Å². The van der Waals surface area contributed by atoms with Crippen molar-refractivity contribution < 1.29 is 9.72 Å². The highest BCUT2D eigenvalue weighted by atomic mass is 16.6. The molecule has 2 heterocycles. The second kappa shape index (κ2) is 5.61. The predicted molar refractivity (Wildman–Crippen MR) is 69.1 cm³/mol. The largest absolute Gasteiger partial charge is 0.365 e. The van der Waals surface area contributed by atoms with Gasteiger partial charge in [0.25, 0.3) is 11.6 Å². The number of nitrogens with one attached hydrogen (secondary N) is 1. The van der Waals surface area contributed by atoms with Gasteiger partial charge < -0.3 is 16.0 Å². The van der Waals surface area contributed by atoms with Crippen molar-refractivity contribution in [3.63, 3.8) is 0 Å². The topological polar surface area (TPSA) is 114 Å². The second-order valence-electron chi connectivity index (χ2n) is 4.28.